The number of hydrogen-bond donors (Lipinski definition) is 1. The fraction of sp³-hybridized carbons (Fsp3) is 0.250. The molecule has 3 aromatic rings. The van der Waals surface area contributed by atoms with Crippen molar-refractivity contribution in [3.05, 3.63) is 65.9 Å². The Bertz CT molecular complexity index is 843. The Morgan fingerprint density at radius 1 is 1.08 bits per heavy atom. The summed E-state index contributed by atoms with van der Waals surface area (Å²) >= 11 is 0. The Morgan fingerprint density at radius 2 is 1.77 bits per heavy atom. The Labute approximate surface area is 150 Å². The number of benzene rings is 2. The highest BCUT2D eigenvalue weighted by Crippen LogP contribution is 2.29. The van der Waals surface area contributed by atoms with E-state index in [0.717, 1.165) is 17.7 Å². The normalized spacial score (nSPS) is 11.1. The van der Waals surface area contributed by atoms with E-state index < -0.39 is 6.43 Å². The Kier molecular flexibility index (Phi) is 5.63. The van der Waals surface area contributed by atoms with Crippen LogP contribution < -0.4 is 4.74 Å². The van der Waals surface area contributed by atoms with Gasteiger partial charge in [-0.25, -0.2) is 13.5 Å². The molecule has 0 atom stereocenters. The summed E-state index contributed by atoms with van der Waals surface area (Å²) < 4.78 is 33.3. The average Bonchev–Trinajstić information content (AvgIpc) is 3.12. The van der Waals surface area contributed by atoms with Gasteiger partial charge in [-0.2, -0.15) is 5.10 Å². The predicted octanol–water partition coefficient (Wildman–Crippen LogP) is 4.41. The smallest absolute Gasteiger partial charge is 0.282 e. The molecule has 0 aliphatic carbocycles. The largest absolute Gasteiger partial charge is 0.491 e. The monoisotopic (exact) mass is 358 g/mol. The maximum atomic E-state index is 13.2. The molecule has 0 unspecified atom stereocenters. The van der Waals surface area contributed by atoms with Crippen molar-refractivity contribution in [1.82, 2.24) is 9.78 Å². The molecule has 1 heterocycles. The molecule has 0 saturated heterocycles. The van der Waals surface area contributed by atoms with Gasteiger partial charge >= 0.3 is 0 Å². The van der Waals surface area contributed by atoms with Gasteiger partial charge in [0.25, 0.3) is 6.43 Å². The number of halogens is 2. The molecule has 0 fully saturated rings. The fourth-order valence-electron chi connectivity index (χ4n) is 2.67. The number of aliphatic hydroxyl groups is 1. The lowest BCUT2D eigenvalue weighted by Crippen LogP contribution is -2.02. The van der Waals surface area contributed by atoms with Crippen molar-refractivity contribution in [3.8, 4) is 22.7 Å². The lowest BCUT2D eigenvalue weighted by molar-refractivity contribution is 0.145. The molecule has 0 spiro atoms. The molecular weight excluding hydrogens is 338 g/mol. The summed E-state index contributed by atoms with van der Waals surface area (Å²) in [6.45, 7) is 2.19. The van der Waals surface area contributed by atoms with E-state index in [0.29, 0.717) is 11.4 Å². The third-order valence-corrected chi connectivity index (χ3v) is 4.05. The molecule has 2 aromatic carbocycles. The highest BCUT2D eigenvalue weighted by atomic mass is 19.3. The minimum absolute atomic E-state index is 0.0694. The van der Waals surface area contributed by atoms with Crippen molar-refractivity contribution in [1.29, 1.82) is 0 Å². The summed E-state index contributed by atoms with van der Waals surface area (Å²) in [5, 5.41) is 12.9. The molecule has 26 heavy (non-hydrogen) atoms. The number of aromatic nitrogens is 2. The van der Waals surface area contributed by atoms with E-state index in [1.54, 1.807) is 24.3 Å². The molecule has 136 valence electrons. The summed E-state index contributed by atoms with van der Waals surface area (Å²) in [5.74, 6) is 0.607. The van der Waals surface area contributed by atoms with Crippen LogP contribution in [-0.4, -0.2) is 28.1 Å². The van der Waals surface area contributed by atoms with Crippen molar-refractivity contribution in [2.45, 2.75) is 19.8 Å². The van der Waals surface area contributed by atoms with Crippen LogP contribution in [0.1, 0.15) is 24.6 Å². The summed E-state index contributed by atoms with van der Waals surface area (Å²) in [4.78, 5) is 0. The van der Waals surface area contributed by atoms with Crippen molar-refractivity contribution in [2.24, 2.45) is 0 Å². The predicted molar refractivity (Wildman–Crippen MR) is 95.9 cm³/mol. The highest BCUT2D eigenvalue weighted by Gasteiger charge is 2.17. The zero-order valence-electron chi connectivity index (χ0n) is 14.4. The van der Waals surface area contributed by atoms with E-state index in [9.17, 15) is 8.78 Å². The van der Waals surface area contributed by atoms with Gasteiger partial charge in [-0.3, -0.25) is 0 Å². The first-order valence-electron chi connectivity index (χ1n) is 8.44. The Balaban J connectivity index is 1.99. The molecule has 3 rings (SSSR count). The Hall–Kier alpha value is -2.73. The van der Waals surface area contributed by atoms with Crippen LogP contribution in [0.4, 0.5) is 8.78 Å². The molecule has 1 aromatic heterocycles. The topological polar surface area (TPSA) is 47.3 Å². The molecule has 0 saturated carbocycles. The van der Waals surface area contributed by atoms with Gasteiger partial charge in [-0.05, 0) is 54.4 Å². The van der Waals surface area contributed by atoms with Crippen LogP contribution in [0.2, 0.25) is 0 Å². The van der Waals surface area contributed by atoms with Crippen molar-refractivity contribution in [2.75, 3.05) is 13.2 Å². The number of rotatable bonds is 7. The van der Waals surface area contributed by atoms with E-state index >= 15 is 0 Å². The standard InChI is InChI=1S/C20H20F2N2O2/c1-2-14-3-7-16(8-4-14)24-19(13-18(23-24)20(21)22)15-5-9-17(10-6-15)26-12-11-25/h3-10,13,20,25H,2,11-12H2,1H3. The van der Waals surface area contributed by atoms with Gasteiger partial charge in [0.1, 0.15) is 18.1 Å². The maximum Gasteiger partial charge on any atom is 0.282 e. The van der Waals surface area contributed by atoms with Gasteiger partial charge in [0.15, 0.2) is 0 Å². The minimum Gasteiger partial charge on any atom is -0.491 e. The number of ether oxygens (including phenoxy) is 1. The Morgan fingerprint density at radius 3 is 2.35 bits per heavy atom. The van der Waals surface area contributed by atoms with Crippen LogP contribution in [0.3, 0.4) is 0 Å². The first-order chi connectivity index (χ1) is 12.6. The molecule has 1 N–H and O–H groups in total. The molecule has 0 aliphatic heterocycles. The number of hydrogen-bond acceptors (Lipinski definition) is 3. The first-order valence-corrected chi connectivity index (χ1v) is 8.44. The van der Waals surface area contributed by atoms with Gasteiger partial charge in [0.05, 0.1) is 18.0 Å². The van der Waals surface area contributed by atoms with E-state index in [1.807, 2.05) is 24.3 Å². The van der Waals surface area contributed by atoms with Crippen molar-refractivity contribution < 1.29 is 18.6 Å². The quantitative estimate of drug-likeness (QED) is 0.680. The van der Waals surface area contributed by atoms with Crippen molar-refractivity contribution >= 4 is 0 Å². The zero-order chi connectivity index (χ0) is 18.5. The second-order valence-electron chi connectivity index (χ2n) is 5.78. The fourth-order valence-corrected chi connectivity index (χ4v) is 2.67. The third-order valence-electron chi connectivity index (χ3n) is 4.05. The number of aliphatic hydroxyl groups excluding tert-OH is 1. The van der Waals surface area contributed by atoms with Crippen LogP contribution in [0, 0.1) is 0 Å². The molecular formula is C20H20F2N2O2. The number of nitrogens with zero attached hydrogens (tertiary/aromatic N) is 2. The van der Waals surface area contributed by atoms with E-state index in [4.69, 9.17) is 9.84 Å². The average molecular weight is 358 g/mol. The van der Waals surface area contributed by atoms with Crippen LogP contribution in [0.25, 0.3) is 16.9 Å². The molecule has 6 heteroatoms. The first kappa shape index (κ1) is 18.1. The van der Waals surface area contributed by atoms with Crippen LogP contribution in [-0.2, 0) is 6.42 Å². The molecule has 0 amide bonds. The lowest BCUT2D eigenvalue weighted by Gasteiger charge is -2.09. The van der Waals surface area contributed by atoms with Gasteiger partial charge in [0, 0.05) is 5.56 Å². The van der Waals surface area contributed by atoms with Crippen LogP contribution in [0.15, 0.2) is 54.6 Å². The second kappa shape index (κ2) is 8.10. The molecule has 0 aliphatic rings. The van der Waals surface area contributed by atoms with E-state index in [-0.39, 0.29) is 18.9 Å². The van der Waals surface area contributed by atoms with Crippen LogP contribution >= 0.6 is 0 Å². The maximum absolute atomic E-state index is 13.2. The number of alkyl halides is 2. The summed E-state index contributed by atoms with van der Waals surface area (Å²) in [6.07, 6.45) is -1.74. The number of aryl methyl sites for hydroxylation is 1. The summed E-state index contributed by atoms with van der Waals surface area (Å²) in [6, 6.07) is 16.2. The SMILES string of the molecule is CCc1ccc(-n2nc(C(F)F)cc2-c2ccc(OCCO)cc2)cc1. The van der Waals surface area contributed by atoms with Crippen molar-refractivity contribution in [3.63, 3.8) is 0 Å². The summed E-state index contributed by atoms with van der Waals surface area (Å²) in [5.41, 5.74) is 2.96. The molecule has 4 nitrogen and oxygen atoms in total. The van der Waals surface area contributed by atoms with Gasteiger partial charge in [-0.1, -0.05) is 19.1 Å². The highest BCUT2D eigenvalue weighted by molar-refractivity contribution is 5.63. The van der Waals surface area contributed by atoms with Gasteiger partial charge in [0.2, 0.25) is 0 Å². The van der Waals surface area contributed by atoms with E-state index in [2.05, 4.69) is 12.0 Å². The molecule has 0 bridgehead atoms. The van der Waals surface area contributed by atoms with Gasteiger partial charge < -0.3 is 9.84 Å². The van der Waals surface area contributed by atoms with Gasteiger partial charge in [-0.15, -0.1) is 0 Å². The minimum atomic E-state index is -2.64. The second-order valence-corrected chi connectivity index (χ2v) is 5.78. The summed E-state index contributed by atoms with van der Waals surface area (Å²) in [7, 11) is 0. The lowest BCUT2D eigenvalue weighted by atomic mass is 10.1. The third kappa shape index (κ3) is 3.91. The van der Waals surface area contributed by atoms with Crippen LogP contribution in [0.5, 0.6) is 5.75 Å². The molecule has 0 radical (unpaired) electrons. The zero-order valence-corrected chi connectivity index (χ0v) is 14.4. The van der Waals surface area contributed by atoms with E-state index in [1.165, 1.54) is 16.3 Å².